The molecule has 1 amide bonds. The number of ether oxygens (including phenoxy) is 1. The van der Waals surface area contributed by atoms with E-state index in [4.69, 9.17) is 4.74 Å². The van der Waals surface area contributed by atoms with Crippen molar-refractivity contribution in [2.45, 2.75) is 19.4 Å². The summed E-state index contributed by atoms with van der Waals surface area (Å²) in [5.74, 6) is 0.637. The third-order valence-corrected chi connectivity index (χ3v) is 5.52. The van der Waals surface area contributed by atoms with Crippen molar-refractivity contribution in [3.8, 4) is 0 Å². The molecule has 0 radical (unpaired) electrons. The molecule has 2 fully saturated rings. The summed E-state index contributed by atoms with van der Waals surface area (Å²) in [5.41, 5.74) is 1.66. The van der Waals surface area contributed by atoms with E-state index in [1.54, 1.807) is 18.3 Å². The van der Waals surface area contributed by atoms with Gasteiger partial charge in [-0.05, 0) is 49.2 Å². The highest BCUT2D eigenvalue weighted by Gasteiger charge is 2.26. The Morgan fingerprint density at radius 3 is 2.83 bits per heavy atom. The Kier molecular flexibility index (Phi) is 6.36. The lowest BCUT2D eigenvalue weighted by Gasteiger charge is -2.32. The number of nitrogens with zero attached hydrogens (tertiary/aromatic N) is 3. The SMILES string of the molecule is O=C(Nc1ccc(N2CCOCC2)nc1)C1CCCN(Cc2cccc(F)c2)C1. The van der Waals surface area contributed by atoms with Gasteiger partial charge in [0.2, 0.25) is 5.91 Å². The predicted octanol–water partition coefficient (Wildman–Crippen LogP) is 2.91. The second kappa shape index (κ2) is 9.33. The van der Waals surface area contributed by atoms with Crippen molar-refractivity contribution in [1.29, 1.82) is 0 Å². The first-order chi connectivity index (χ1) is 14.2. The number of carbonyl (C=O) groups excluding carboxylic acids is 1. The van der Waals surface area contributed by atoms with Crippen LogP contribution in [0, 0.1) is 11.7 Å². The Morgan fingerprint density at radius 2 is 2.07 bits per heavy atom. The summed E-state index contributed by atoms with van der Waals surface area (Å²) in [6, 6.07) is 10.5. The molecule has 2 aliphatic rings. The normalized spacial score (nSPS) is 20.4. The fourth-order valence-electron chi connectivity index (χ4n) is 3.99. The van der Waals surface area contributed by atoms with Crippen molar-refractivity contribution < 1.29 is 13.9 Å². The third-order valence-electron chi connectivity index (χ3n) is 5.52. The first-order valence-corrected chi connectivity index (χ1v) is 10.2. The number of anilines is 2. The van der Waals surface area contributed by atoms with Gasteiger partial charge in [-0.2, -0.15) is 0 Å². The van der Waals surface area contributed by atoms with Crippen molar-refractivity contribution in [3.05, 3.63) is 54.0 Å². The lowest BCUT2D eigenvalue weighted by Crippen LogP contribution is -2.40. The highest BCUT2D eigenvalue weighted by molar-refractivity contribution is 5.92. The predicted molar refractivity (Wildman–Crippen MR) is 110 cm³/mol. The van der Waals surface area contributed by atoms with E-state index in [-0.39, 0.29) is 17.6 Å². The van der Waals surface area contributed by atoms with Crippen LogP contribution in [0.25, 0.3) is 0 Å². The Bertz CT molecular complexity index is 824. The summed E-state index contributed by atoms with van der Waals surface area (Å²) in [6.45, 7) is 5.38. The smallest absolute Gasteiger partial charge is 0.228 e. The van der Waals surface area contributed by atoms with Crippen LogP contribution >= 0.6 is 0 Å². The van der Waals surface area contributed by atoms with Crippen molar-refractivity contribution in [2.75, 3.05) is 49.6 Å². The monoisotopic (exact) mass is 398 g/mol. The van der Waals surface area contributed by atoms with Gasteiger partial charge in [-0.15, -0.1) is 0 Å². The van der Waals surface area contributed by atoms with Crippen molar-refractivity contribution >= 4 is 17.4 Å². The van der Waals surface area contributed by atoms with Crippen LogP contribution in [0.3, 0.4) is 0 Å². The number of likely N-dealkylation sites (tertiary alicyclic amines) is 1. The zero-order chi connectivity index (χ0) is 20.1. The van der Waals surface area contributed by atoms with Crippen molar-refractivity contribution in [1.82, 2.24) is 9.88 Å². The molecule has 2 aromatic rings. The van der Waals surface area contributed by atoms with Crippen LogP contribution < -0.4 is 10.2 Å². The minimum absolute atomic E-state index is 0.0230. The van der Waals surface area contributed by atoms with Gasteiger partial charge in [-0.25, -0.2) is 9.37 Å². The molecule has 29 heavy (non-hydrogen) atoms. The maximum absolute atomic E-state index is 13.4. The van der Waals surface area contributed by atoms with E-state index < -0.39 is 0 Å². The highest BCUT2D eigenvalue weighted by atomic mass is 19.1. The van der Waals surface area contributed by atoms with Crippen LogP contribution in [0.4, 0.5) is 15.9 Å². The van der Waals surface area contributed by atoms with Gasteiger partial charge in [0.1, 0.15) is 11.6 Å². The highest BCUT2D eigenvalue weighted by Crippen LogP contribution is 2.21. The van der Waals surface area contributed by atoms with Gasteiger partial charge in [-0.1, -0.05) is 12.1 Å². The number of halogens is 1. The van der Waals surface area contributed by atoms with Gasteiger partial charge in [0.25, 0.3) is 0 Å². The summed E-state index contributed by atoms with van der Waals surface area (Å²) in [5, 5.41) is 3.00. The Labute approximate surface area is 170 Å². The number of pyridine rings is 1. The number of rotatable bonds is 5. The van der Waals surface area contributed by atoms with Gasteiger partial charge in [-0.3, -0.25) is 9.69 Å². The minimum atomic E-state index is -0.221. The second-order valence-corrected chi connectivity index (χ2v) is 7.70. The van der Waals surface area contributed by atoms with E-state index in [0.29, 0.717) is 32.0 Å². The van der Waals surface area contributed by atoms with Gasteiger partial charge < -0.3 is 15.0 Å². The van der Waals surface area contributed by atoms with Gasteiger partial charge in [0.05, 0.1) is 31.0 Å². The zero-order valence-corrected chi connectivity index (χ0v) is 16.5. The van der Waals surface area contributed by atoms with Crippen molar-refractivity contribution in [2.24, 2.45) is 5.92 Å². The van der Waals surface area contributed by atoms with Crippen LogP contribution in [0.1, 0.15) is 18.4 Å². The van der Waals surface area contributed by atoms with Crippen molar-refractivity contribution in [3.63, 3.8) is 0 Å². The minimum Gasteiger partial charge on any atom is -0.378 e. The first kappa shape index (κ1) is 19.8. The molecular weight excluding hydrogens is 371 g/mol. The van der Waals surface area contributed by atoms with E-state index >= 15 is 0 Å². The summed E-state index contributed by atoms with van der Waals surface area (Å²) in [4.78, 5) is 21.6. The van der Waals surface area contributed by atoms with E-state index in [0.717, 1.165) is 43.9 Å². The van der Waals surface area contributed by atoms with E-state index in [9.17, 15) is 9.18 Å². The molecule has 0 aliphatic carbocycles. The number of morpholine rings is 1. The average Bonchev–Trinajstić information content (AvgIpc) is 2.75. The Hall–Kier alpha value is -2.51. The lowest BCUT2D eigenvalue weighted by atomic mass is 9.96. The maximum Gasteiger partial charge on any atom is 0.228 e. The molecule has 2 saturated heterocycles. The summed E-state index contributed by atoms with van der Waals surface area (Å²) >= 11 is 0. The Balaban J connectivity index is 1.31. The average molecular weight is 398 g/mol. The third kappa shape index (κ3) is 5.31. The van der Waals surface area contributed by atoms with Crippen LogP contribution in [-0.4, -0.2) is 55.2 Å². The van der Waals surface area contributed by atoms with E-state index in [1.807, 2.05) is 18.2 Å². The molecule has 0 bridgehead atoms. The number of aromatic nitrogens is 1. The molecule has 3 heterocycles. The fraction of sp³-hybridized carbons (Fsp3) is 0.455. The molecule has 7 heteroatoms. The molecule has 6 nitrogen and oxygen atoms in total. The second-order valence-electron chi connectivity index (χ2n) is 7.70. The number of carbonyl (C=O) groups is 1. The van der Waals surface area contributed by atoms with Crippen LogP contribution in [-0.2, 0) is 16.1 Å². The first-order valence-electron chi connectivity index (χ1n) is 10.2. The largest absolute Gasteiger partial charge is 0.378 e. The van der Waals surface area contributed by atoms with Gasteiger partial charge in [0, 0.05) is 26.2 Å². The molecule has 1 unspecified atom stereocenters. The molecule has 1 atom stereocenters. The maximum atomic E-state index is 13.4. The molecule has 0 spiro atoms. The molecule has 1 aromatic carbocycles. The summed E-state index contributed by atoms with van der Waals surface area (Å²) in [6.07, 6.45) is 3.54. The van der Waals surface area contributed by atoms with Crippen LogP contribution in [0.15, 0.2) is 42.6 Å². The zero-order valence-electron chi connectivity index (χ0n) is 16.5. The number of hydrogen-bond acceptors (Lipinski definition) is 5. The quantitative estimate of drug-likeness (QED) is 0.839. The van der Waals surface area contributed by atoms with Gasteiger partial charge in [0.15, 0.2) is 0 Å². The standard InChI is InChI=1S/C22H27FN4O2/c23-19-5-1-3-17(13-19)15-26-8-2-4-18(16-26)22(28)25-20-6-7-21(24-14-20)27-9-11-29-12-10-27/h1,3,5-7,13-14,18H,2,4,8-12,15-16H2,(H,25,28). The summed E-state index contributed by atoms with van der Waals surface area (Å²) < 4.78 is 18.8. The topological polar surface area (TPSA) is 57.7 Å². The van der Waals surface area contributed by atoms with E-state index in [1.165, 1.54) is 6.07 Å². The lowest BCUT2D eigenvalue weighted by molar-refractivity contribution is -0.121. The molecule has 154 valence electrons. The number of nitrogens with one attached hydrogen (secondary N) is 1. The molecule has 1 N–H and O–H groups in total. The number of amides is 1. The van der Waals surface area contributed by atoms with Crippen LogP contribution in [0.5, 0.6) is 0 Å². The number of benzene rings is 1. The number of piperidine rings is 1. The fourth-order valence-corrected chi connectivity index (χ4v) is 3.99. The van der Waals surface area contributed by atoms with E-state index in [2.05, 4.69) is 20.1 Å². The Morgan fingerprint density at radius 1 is 1.21 bits per heavy atom. The summed E-state index contributed by atoms with van der Waals surface area (Å²) in [7, 11) is 0. The van der Waals surface area contributed by atoms with Gasteiger partial charge >= 0.3 is 0 Å². The number of hydrogen-bond donors (Lipinski definition) is 1. The molecule has 4 rings (SSSR count). The molecule has 1 aromatic heterocycles. The molecular formula is C22H27FN4O2. The molecule has 2 aliphatic heterocycles. The molecule has 0 saturated carbocycles. The van der Waals surface area contributed by atoms with Crippen LogP contribution in [0.2, 0.25) is 0 Å².